The number of rotatable bonds is 6. The SMILES string of the molecule is CCCN(C(=O)CCC1CCNCC1)C1CCc2ccccc2C1.Cl. The Morgan fingerprint density at radius 1 is 1.16 bits per heavy atom. The molecule has 0 spiro atoms. The molecular formula is C21H33ClN2O. The van der Waals surface area contributed by atoms with Gasteiger partial charge in [-0.1, -0.05) is 31.2 Å². The zero-order valence-corrected chi connectivity index (χ0v) is 16.3. The Labute approximate surface area is 159 Å². The molecule has 2 aliphatic rings. The molecule has 0 saturated carbocycles. The lowest BCUT2D eigenvalue weighted by Crippen LogP contribution is -2.44. The van der Waals surface area contributed by atoms with Crippen LogP contribution >= 0.6 is 12.4 Å². The number of aryl methyl sites for hydroxylation is 1. The summed E-state index contributed by atoms with van der Waals surface area (Å²) in [6.07, 6.45) is 8.60. The van der Waals surface area contributed by atoms with E-state index in [1.165, 1.54) is 24.0 Å². The number of hydrogen-bond acceptors (Lipinski definition) is 2. The van der Waals surface area contributed by atoms with E-state index in [2.05, 4.69) is 41.4 Å². The van der Waals surface area contributed by atoms with Crippen LogP contribution in [-0.2, 0) is 17.6 Å². The molecule has 1 fully saturated rings. The van der Waals surface area contributed by atoms with Crippen LogP contribution in [0, 0.1) is 5.92 Å². The number of benzene rings is 1. The van der Waals surface area contributed by atoms with Gasteiger partial charge in [0.2, 0.25) is 5.91 Å². The van der Waals surface area contributed by atoms with Gasteiger partial charge in [0.25, 0.3) is 0 Å². The second-order valence-corrected chi connectivity index (χ2v) is 7.48. The van der Waals surface area contributed by atoms with Crippen molar-refractivity contribution in [2.75, 3.05) is 19.6 Å². The third kappa shape index (κ3) is 5.46. The second-order valence-electron chi connectivity index (χ2n) is 7.48. The van der Waals surface area contributed by atoms with Crippen LogP contribution in [0.3, 0.4) is 0 Å². The molecule has 0 bridgehead atoms. The van der Waals surface area contributed by atoms with Gasteiger partial charge in [0.05, 0.1) is 0 Å². The van der Waals surface area contributed by atoms with Crippen LogP contribution in [0.15, 0.2) is 24.3 Å². The number of amides is 1. The molecule has 1 atom stereocenters. The molecule has 1 aliphatic carbocycles. The molecule has 140 valence electrons. The summed E-state index contributed by atoms with van der Waals surface area (Å²) in [4.78, 5) is 15.1. The Bertz CT molecular complexity index is 542. The summed E-state index contributed by atoms with van der Waals surface area (Å²) >= 11 is 0. The molecular weight excluding hydrogens is 332 g/mol. The van der Waals surface area contributed by atoms with Crippen LogP contribution in [0.4, 0.5) is 0 Å². The predicted molar refractivity (Wildman–Crippen MR) is 106 cm³/mol. The quantitative estimate of drug-likeness (QED) is 0.827. The highest BCUT2D eigenvalue weighted by Crippen LogP contribution is 2.26. The van der Waals surface area contributed by atoms with Gasteiger partial charge in [0.15, 0.2) is 0 Å². The molecule has 1 aromatic rings. The highest BCUT2D eigenvalue weighted by atomic mass is 35.5. The number of halogens is 1. The number of carbonyl (C=O) groups excluding carboxylic acids is 1. The normalized spacial score (nSPS) is 20.4. The van der Waals surface area contributed by atoms with E-state index in [4.69, 9.17) is 0 Å². The van der Waals surface area contributed by atoms with Crippen LogP contribution < -0.4 is 5.32 Å². The summed E-state index contributed by atoms with van der Waals surface area (Å²) in [6, 6.07) is 9.15. The Morgan fingerprint density at radius 2 is 1.88 bits per heavy atom. The third-order valence-electron chi connectivity index (χ3n) is 5.77. The molecule has 1 saturated heterocycles. The highest BCUT2D eigenvalue weighted by Gasteiger charge is 2.27. The average molecular weight is 365 g/mol. The number of hydrogen-bond donors (Lipinski definition) is 1. The first-order valence-corrected chi connectivity index (χ1v) is 9.85. The van der Waals surface area contributed by atoms with E-state index >= 15 is 0 Å². The van der Waals surface area contributed by atoms with Crippen molar-refractivity contribution in [3.63, 3.8) is 0 Å². The van der Waals surface area contributed by atoms with Gasteiger partial charge in [0.1, 0.15) is 0 Å². The Balaban J connectivity index is 0.00000225. The Kier molecular flexibility index (Phi) is 8.25. The van der Waals surface area contributed by atoms with Crippen LogP contribution in [0.5, 0.6) is 0 Å². The van der Waals surface area contributed by atoms with Crippen molar-refractivity contribution in [3.8, 4) is 0 Å². The lowest BCUT2D eigenvalue weighted by molar-refractivity contribution is -0.134. The number of carbonyl (C=O) groups is 1. The molecule has 4 heteroatoms. The van der Waals surface area contributed by atoms with Gasteiger partial charge in [-0.2, -0.15) is 0 Å². The minimum atomic E-state index is 0. The topological polar surface area (TPSA) is 32.3 Å². The first-order valence-electron chi connectivity index (χ1n) is 9.85. The third-order valence-corrected chi connectivity index (χ3v) is 5.77. The molecule has 1 N–H and O–H groups in total. The summed E-state index contributed by atoms with van der Waals surface area (Å²) in [5.74, 6) is 1.13. The smallest absolute Gasteiger partial charge is 0.222 e. The molecule has 1 aliphatic heterocycles. The number of piperidine rings is 1. The first-order chi connectivity index (χ1) is 11.8. The zero-order valence-electron chi connectivity index (χ0n) is 15.5. The number of nitrogens with zero attached hydrogens (tertiary/aromatic N) is 1. The fourth-order valence-electron chi connectivity index (χ4n) is 4.34. The van der Waals surface area contributed by atoms with Crippen molar-refractivity contribution in [1.82, 2.24) is 10.2 Å². The van der Waals surface area contributed by atoms with E-state index in [0.29, 0.717) is 11.9 Å². The standard InChI is InChI=1S/C21H32N2O.ClH/c1-2-15-23(21(24)10-7-17-11-13-22-14-12-17)20-9-8-18-5-3-4-6-19(18)16-20;/h3-6,17,20,22H,2,7-16H2,1H3;1H. The maximum atomic E-state index is 12.9. The molecule has 0 radical (unpaired) electrons. The average Bonchev–Trinajstić information content (AvgIpc) is 2.64. The van der Waals surface area contributed by atoms with Gasteiger partial charge >= 0.3 is 0 Å². The molecule has 1 amide bonds. The number of fused-ring (bicyclic) bond motifs is 1. The monoisotopic (exact) mass is 364 g/mol. The van der Waals surface area contributed by atoms with Crippen molar-refractivity contribution < 1.29 is 4.79 Å². The van der Waals surface area contributed by atoms with E-state index in [9.17, 15) is 4.79 Å². The zero-order chi connectivity index (χ0) is 16.8. The van der Waals surface area contributed by atoms with Crippen molar-refractivity contribution in [1.29, 1.82) is 0 Å². The fourth-order valence-corrected chi connectivity index (χ4v) is 4.34. The maximum absolute atomic E-state index is 12.9. The van der Waals surface area contributed by atoms with Crippen LogP contribution in [0.25, 0.3) is 0 Å². The summed E-state index contributed by atoms with van der Waals surface area (Å²) in [6.45, 7) is 5.34. The Hall–Kier alpha value is -1.06. The fraction of sp³-hybridized carbons (Fsp3) is 0.667. The lowest BCUT2D eigenvalue weighted by atomic mass is 9.87. The van der Waals surface area contributed by atoms with Gasteiger partial charge in [-0.05, 0) is 75.1 Å². The van der Waals surface area contributed by atoms with E-state index in [1.807, 2.05) is 0 Å². The molecule has 1 aromatic carbocycles. The largest absolute Gasteiger partial charge is 0.339 e. The van der Waals surface area contributed by atoms with Gasteiger partial charge in [-0.15, -0.1) is 12.4 Å². The molecule has 1 heterocycles. The molecule has 0 aromatic heterocycles. The summed E-state index contributed by atoms with van der Waals surface area (Å²) < 4.78 is 0. The summed E-state index contributed by atoms with van der Waals surface area (Å²) in [7, 11) is 0. The molecule has 3 nitrogen and oxygen atoms in total. The van der Waals surface area contributed by atoms with Crippen molar-refractivity contribution >= 4 is 18.3 Å². The first kappa shape index (κ1) is 20.3. The number of nitrogens with one attached hydrogen (secondary N) is 1. The molecule has 25 heavy (non-hydrogen) atoms. The van der Waals surface area contributed by atoms with Crippen molar-refractivity contribution in [3.05, 3.63) is 35.4 Å². The van der Waals surface area contributed by atoms with Crippen LogP contribution in [0.2, 0.25) is 0 Å². The van der Waals surface area contributed by atoms with E-state index in [1.54, 1.807) is 0 Å². The van der Waals surface area contributed by atoms with E-state index < -0.39 is 0 Å². The minimum absolute atomic E-state index is 0. The van der Waals surface area contributed by atoms with Gasteiger partial charge in [0, 0.05) is 19.0 Å². The molecule has 3 rings (SSSR count). The maximum Gasteiger partial charge on any atom is 0.222 e. The minimum Gasteiger partial charge on any atom is -0.339 e. The summed E-state index contributed by atoms with van der Waals surface area (Å²) in [5.41, 5.74) is 2.92. The van der Waals surface area contributed by atoms with Gasteiger partial charge in [-0.25, -0.2) is 0 Å². The summed E-state index contributed by atoms with van der Waals surface area (Å²) in [5, 5.41) is 3.41. The van der Waals surface area contributed by atoms with Crippen molar-refractivity contribution in [2.45, 2.75) is 64.3 Å². The predicted octanol–water partition coefficient (Wildman–Crippen LogP) is 3.98. The van der Waals surface area contributed by atoms with E-state index in [0.717, 1.165) is 64.1 Å². The lowest BCUT2D eigenvalue weighted by Gasteiger charge is -2.35. The van der Waals surface area contributed by atoms with Crippen LogP contribution in [-0.4, -0.2) is 36.5 Å². The van der Waals surface area contributed by atoms with Crippen molar-refractivity contribution in [2.24, 2.45) is 5.92 Å². The Morgan fingerprint density at radius 3 is 2.60 bits per heavy atom. The van der Waals surface area contributed by atoms with E-state index in [-0.39, 0.29) is 12.4 Å². The highest BCUT2D eigenvalue weighted by molar-refractivity contribution is 5.85. The van der Waals surface area contributed by atoms with Crippen LogP contribution in [0.1, 0.15) is 56.6 Å². The molecule has 1 unspecified atom stereocenters. The van der Waals surface area contributed by atoms with Gasteiger partial charge < -0.3 is 10.2 Å². The second kappa shape index (κ2) is 10.2. The van der Waals surface area contributed by atoms with Gasteiger partial charge in [-0.3, -0.25) is 4.79 Å².